The third-order valence-electron chi connectivity index (χ3n) is 3.51. The van der Waals surface area contributed by atoms with Gasteiger partial charge in [-0.25, -0.2) is 0 Å². The van der Waals surface area contributed by atoms with Gasteiger partial charge in [-0.1, -0.05) is 6.07 Å². The first-order valence-corrected chi connectivity index (χ1v) is 5.42. The average Bonchev–Trinajstić information content (AvgIpc) is 2.23. The molecule has 1 saturated heterocycles. The molecule has 0 atom stereocenters. The standard InChI is InChI=1S/C13H18O3/c1-9-10(2)12(14-3)6-5-11(9)13(15-4)7-16-8-13/h5-6H,7-8H2,1-4H3. The van der Waals surface area contributed by atoms with Gasteiger partial charge in [0.1, 0.15) is 11.4 Å². The van der Waals surface area contributed by atoms with Crippen LogP contribution in [0.25, 0.3) is 0 Å². The van der Waals surface area contributed by atoms with E-state index < -0.39 is 0 Å². The highest BCUT2D eigenvalue weighted by Gasteiger charge is 2.42. The molecule has 0 N–H and O–H groups in total. The number of methoxy groups -OCH3 is 2. The number of hydrogen-bond acceptors (Lipinski definition) is 3. The van der Waals surface area contributed by atoms with E-state index in [9.17, 15) is 0 Å². The van der Waals surface area contributed by atoms with E-state index in [1.165, 1.54) is 16.7 Å². The molecule has 3 nitrogen and oxygen atoms in total. The third kappa shape index (κ3) is 1.51. The molecule has 1 aliphatic rings. The molecule has 0 radical (unpaired) electrons. The van der Waals surface area contributed by atoms with E-state index in [0.29, 0.717) is 13.2 Å². The van der Waals surface area contributed by atoms with Crippen LogP contribution in [0.5, 0.6) is 5.75 Å². The molecule has 1 heterocycles. The Morgan fingerprint density at radius 2 is 1.81 bits per heavy atom. The molecule has 0 spiro atoms. The van der Waals surface area contributed by atoms with Crippen LogP contribution in [0.15, 0.2) is 12.1 Å². The highest BCUT2D eigenvalue weighted by molar-refractivity contribution is 5.46. The topological polar surface area (TPSA) is 27.7 Å². The predicted molar refractivity (Wildman–Crippen MR) is 62.0 cm³/mol. The van der Waals surface area contributed by atoms with Gasteiger partial charge in [0.15, 0.2) is 0 Å². The maximum Gasteiger partial charge on any atom is 0.139 e. The van der Waals surface area contributed by atoms with Crippen molar-refractivity contribution >= 4 is 0 Å². The lowest BCUT2D eigenvalue weighted by molar-refractivity contribution is -0.202. The van der Waals surface area contributed by atoms with Crippen molar-refractivity contribution in [2.45, 2.75) is 19.4 Å². The van der Waals surface area contributed by atoms with Gasteiger partial charge in [0.05, 0.1) is 20.3 Å². The normalized spacial score (nSPS) is 18.0. The smallest absolute Gasteiger partial charge is 0.139 e. The fourth-order valence-electron chi connectivity index (χ4n) is 2.18. The van der Waals surface area contributed by atoms with Gasteiger partial charge >= 0.3 is 0 Å². The Bertz CT molecular complexity index is 389. The van der Waals surface area contributed by atoms with E-state index >= 15 is 0 Å². The third-order valence-corrected chi connectivity index (χ3v) is 3.51. The summed E-state index contributed by atoms with van der Waals surface area (Å²) in [6.45, 7) is 5.44. The first-order valence-electron chi connectivity index (χ1n) is 5.42. The summed E-state index contributed by atoms with van der Waals surface area (Å²) in [4.78, 5) is 0. The van der Waals surface area contributed by atoms with Gasteiger partial charge in [0.2, 0.25) is 0 Å². The number of ether oxygens (including phenoxy) is 3. The Hall–Kier alpha value is -1.06. The molecule has 16 heavy (non-hydrogen) atoms. The summed E-state index contributed by atoms with van der Waals surface area (Å²) in [7, 11) is 3.43. The SMILES string of the molecule is COc1ccc(C2(OC)COC2)c(C)c1C. The average molecular weight is 222 g/mol. The summed E-state index contributed by atoms with van der Waals surface area (Å²) in [5.41, 5.74) is 3.36. The largest absolute Gasteiger partial charge is 0.496 e. The maximum absolute atomic E-state index is 5.60. The summed E-state index contributed by atoms with van der Waals surface area (Å²) < 4.78 is 16.2. The molecular formula is C13H18O3. The van der Waals surface area contributed by atoms with Crippen molar-refractivity contribution in [2.24, 2.45) is 0 Å². The molecule has 1 fully saturated rings. The van der Waals surface area contributed by atoms with Crippen molar-refractivity contribution in [1.29, 1.82) is 0 Å². The van der Waals surface area contributed by atoms with Gasteiger partial charge in [0, 0.05) is 7.11 Å². The zero-order chi connectivity index (χ0) is 11.8. The van der Waals surface area contributed by atoms with Gasteiger partial charge in [0.25, 0.3) is 0 Å². The van der Waals surface area contributed by atoms with Gasteiger partial charge < -0.3 is 14.2 Å². The van der Waals surface area contributed by atoms with Gasteiger partial charge in [-0.2, -0.15) is 0 Å². The molecule has 2 rings (SSSR count). The van der Waals surface area contributed by atoms with Crippen LogP contribution in [0, 0.1) is 13.8 Å². The molecule has 0 saturated carbocycles. The van der Waals surface area contributed by atoms with Crippen LogP contribution in [0.2, 0.25) is 0 Å². The minimum absolute atomic E-state index is 0.249. The summed E-state index contributed by atoms with van der Waals surface area (Å²) in [5.74, 6) is 0.924. The van der Waals surface area contributed by atoms with E-state index in [2.05, 4.69) is 19.9 Å². The molecular weight excluding hydrogens is 204 g/mol. The van der Waals surface area contributed by atoms with Gasteiger partial charge in [-0.05, 0) is 36.6 Å². The Labute approximate surface area is 96.3 Å². The van der Waals surface area contributed by atoms with Gasteiger partial charge in [-0.15, -0.1) is 0 Å². The molecule has 1 aromatic carbocycles. The van der Waals surface area contributed by atoms with E-state index in [1.807, 2.05) is 6.07 Å². The Balaban J connectivity index is 2.46. The Morgan fingerprint density at radius 3 is 2.25 bits per heavy atom. The second-order valence-corrected chi connectivity index (χ2v) is 4.26. The Kier molecular flexibility index (Phi) is 2.91. The molecule has 0 aliphatic carbocycles. The summed E-state index contributed by atoms with van der Waals surface area (Å²) in [6, 6.07) is 4.07. The first-order chi connectivity index (χ1) is 7.64. The minimum atomic E-state index is -0.249. The summed E-state index contributed by atoms with van der Waals surface area (Å²) in [6.07, 6.45) is 0. The first kappa shape index (κ1) is 11.4. The lowest BCUT2D eigenvalue weighted by Crippen LogP contribution is -2.48. The highest BCUT2D eigenvalue weighted by Crippen LogP contribution is 2.37. The van der Waals surface area contributed by atoms with Crippen molar-refractivity contribution in [3.63, 3.8) is 0 Å². The van der Waals surface area contributed by atoms with Crippen LogP contribution in [0.3, 0.4) is 0 Å². The van der Waals surface area contributed by atoms with Crippen LogP contribution in [0.1, 0.15) is 16.7 Å². The highest BCUT2D eigenvalue weighted by atomic mass is 16.6. The quantitative estimate of drug-likeness (QED) is 0.784. The van der Waals surface area contributed by atoms with Crippen LogP contribution in [-0.2, 0) is 15.1 Å². The maximum atomic E-state index is 5.60. The van der Waals surface area contributed by atoms with Crippen LogP contribution < -0.4 is 4.74 Å². The van der Waals surface area contributed by atoms with Crippen molar-refractivity contribution in [1.82, 2.24) is 0 Å². The second-order valence-electron chi connectivity index (χ2n) is 4.26. The number of hydrogen-bond donors (Lipinski definition) is 0. The van der Waals surface area contributed by atoms with Gasteiger partial charge in [-0.3, -0.25) is 0 Å². The molecule has 88 valence electrons. The lowest BCUT2D eigenvalue weighted by atomic mass is 9.86. The molecule has 1 aliphatic heterocycles. The van der Waals surface area contributed by atoms with Crippen LogP contribution in [-0.4, -0.2) is 27.4 Å². The fourth-order valence-corrected chi connectivity index (χ4v) is 2.18. The molecule has 0 amide bonds. The Morgan fingerprint density at radius 1 is 1.12 bits per heavy atom. The van der Waals surface area contributed by atoms with Crippen molar-refractivity contribution in [3.05, 3.63) is 28.8 Å². The van der Waals surface area contributed by atoms with E-state index in [-0.39, 0.29) is 5.60 Å². The fraction of sp³-hybridized carbons (Fsp3) is 0.538. The summed E-state index contributed by atoms with van der Waals surface area (Å²) >= 11 is 0. The monoisotopic (exact) mass is 222 g/mol. The zero-order valence-corrected chi connectivity index (χ0v) is 10.3. The lowest BCUT2D eigenvalue weighted by Gasteiger charge is -2.41. The molecule has 3 heteroatoms. The molecule has 1 aromatic rings. The van der Waals surface area contributed by atoms with E-state index in [1.54, 1.807) is 14.2 Å². The predicted octanol–water partition coefficient (Wildman–Crippen LogP) is 2.18. The van der Waals surface area contributed by atoms with E-state index in [4.69, 9.17) is 14.2 Å². The van der Waals surface area contributed by atoms with Crippen molar-refractivity contribution in [2.75, 3.05) is 27.4 Å². The number of rotatable bonds is 3. The molecule has 0 aromatic heterocycles. The van der Waals surface area contributed by atoms with E-state index in [0.717, 1.165) is 5.75 Å². The molecule has 0 unspecified atom stereocenters. The summed E-state index contributed by atoms with van der Waals surface area (Å²) in [5, 5.41) is 0. The van der Waals surface area contributed by atoms with Crippen molar-refractivity contribution in [3.8, 4) is 5.75 Å². The second kappa shape index (κ2) is 4.07. The minimum Gasteiger partial charge on any atom is -0.496 e. The number of benzene rings is 1. The van der Waals surface area contributed by atoms with Crippen LogP contribution >= 0.6 is 0 Å². The molecule has 0 bridgehead atoms. The van der Waals surface area contributed by atoms with Crippen molar-refractivity contribution < 1.29 is 14.2 Å². The zero-order valence-electron chi connectivity index (χ0n) is 10.3. The van der Waals surface area contributed by atoms with Crippen LogP contribution in [0.4, 0.5) is 0 Å².